The summed E-state index contributed by atoms with van der Waals surface area (Å²) < 4.78 is 1.01. The molecule has 0 bridgehead atoms. The predicted octanol–water partition coefficient (Wildman–Crippen LogP) is 3.47. The summed E-state index contributed by atoms with van der Waals surface area (Å²) in [5.41, 5.74) is 14.6. The van der Waals surface area contributed by atoms with Gasteiger partial charge in [-0.05, 0) is 44.5 Å². The summed E-state index contributed by atoms with van der Waals surface area (Å²) in [4.78, 5) is 2.50. The normalized spacial score (nSPS) is 21.4. The highest BCUT2D eigenvalue weighted by molar-refractivity contribution is 5.53. The summed E-state index contributed by atoms with van der Waals surface area (Å²) in [6.45, 7) is 11.6. The van der Waals surface area contributed by atoms with Crippen molar-refractivity contribution in [2.75, 3.05) is 37.8 Å². The number of hydrogen-bond donors (Lipinski definition) is 2. The van der Waals surface area contributed by atoms with E-state index in [2.05, 4.69) is 58.8 Å². The topological polar surface area (TPSA) is 55.3 Å². The Morgan fingerprint density at radius 2 is 1.84 bits per heavy atom. The van der Waals surface area contributed by atoms with Gasteiger partial charge in [-0.2, -0.15) is 0 Å². The number of likely N-dealkylation sites (N-methyl/N-ethyl adjacent to an activating group) is 1. The number of hydrogen-bond acceptors (Lipinski definition) is 3. The lowest BCUT2D eigenvalue weighted by Crippen LogP contribution is -2.67. The van der Waals surface area contributed by atoms with Crippen molar-refractivity contribution in [2.45, 2.75) is 64.6 Å². The summed E-state index contributed by atoms with van der Waals surface area (Å²) >= 11 is 0. The number of nitrogens with zero attached hydrogens (tertiary/aromatic N) is 2. The molecule has 4 N–H and O–H groups in total. The molecule has 1 aliphatic rings. The molecule has 1 fully saturated rings. The largest absolute Gasteiger partial charge is 0.399 e. The van der Waals surface area contributed by atoms with Crippen LogP contribution in [0.25, 0.3) is 0 Å². The lowest BCUT2D eigenvalue weighted by molar-refractivity contribution is -0.962. The van der Waals surface area contributed by atoms with Crippen LogP contribution in [0.1, 0.15) is 47.0 Å². The number of nitrogen functional groups attached to an aromatic ring is 1. The summed E-state index contributed by atoms with van der Waals surface area (Å²) in [5.74, 6) is 0.480. The molecule has 0 saturated carbocycles. The van der Waals surface area contributed by atoms with E-state index < -0.39 is 0 Å². The molecular formula is C21H39N4+. The van der Waals surface area contributed by atoms with Crippen molar-refractivity contribution >= 4 is 11.4 Å². The molecule has 4 heteroatoms. The highest BCUT2D eigenvalue weighted by Gasteiger charge is 2.49. The molecular weight excluding hydrogens is 308 g/mol. The Bertz CT molecular complexity index is 550. The minimum Gasteiger partial charge on any atom is -0.399 e. The van der Waals surface area contributed by atoms with E-state index in [1.54, 1.807) is 0 Å². The van der Waals surface area contributed by atoms with Gasteiger partial charge < -0.3 is 20.9 Å². The van der Waals surface area contributed by atoms with Gasteiger partial charge in [0.15, 0.2) is 0 Å². The van der Waals surface area contributed by atoms with Crippen molar-refractivity contribution < 1.29 is 4.48 Å². The third-order valence-corrected chi connectivity index (χ3v) is 7.20. The first-order valence-corrected chi connectivity index (χ1v) is 9.81. The van der Waals surface area contributed by atoms with E-state index in [1.165, 1.54) is 12.1 Å². The van der Waals surface area contributed by atoms with Gasteiger partial charge in [-0.3, -0.25) is 0 Å². The van der Waals surface area contributed by atoms with Crippen LogP contribution in [-0.2, 0) is 0 Å². The van der Waals surface area contributed by atoms with E-state index in [4.69, 9.17) is 11.5 Å². The van der Waals surface area contributed by atoms with Crippen LogP contribution in [0.5, 0.6) is 0 Å². The summed E-state index contributed by atoms with van der Waals surface area (Å²) in [7, 11) is 4.79. The molecule has 1 heterocycles. The SMILES string of the molecule is CCCC(N)C(C)C(C)(C)[N+](C)(C)C1CCN(c2ccc(N)cc2)C1. The maximum atomic E-state index is 6.51. The Kier molecular flexibility index (Phi) is 6.05. The van der Waals surface area contributed by atoms with Gasteiger partial charge in [-0.25, -0.2) is 0 Å². The lowest BCUT2D eigenvalue weighted by atomic mass is 9.78. The molecule has 2 rings (SSSR count). The molecule has 3 atom stereocenters. The van der Waals surface area contributed by atoms with Crippen LogP contribution in [0.4, 0.5) is 11.4 Å². The minimum atomic E-state index is 0.135. The van der Waals surface area contributed by atoms with Crippen molar-refractivity contribution in [1.29, 1.82) is 0 Å². The maximum absolute atomic E-state index is 6.51. The van der Waals surface area contributed by atoms with Crippen LogP contribution in [0.15, 0.2) is 24.3 Å². The molecule has 0 aromatic heterocycles. The Morgan fingerprint density at radius 1 is 1.24 bits per heavy atom. The highest BCUT2D eigenvalue weighted by atomic mass is 15.4. The van der Waals surface area contributed by atoms with E-state index in [-0.39, 0.29) is 11.6 Å². The first-order valence-electron chi connectivity index (χ1n) is 9.81. The first-order chi connectivity index (χ1) is 11.6. The second-order valence-electron chi connectivity index (χ2n) is 8.91. The second kappa shape index (κ2) is 7.55. The molecule has 1 aromatic carbocycles. The smallest absolute Gasteiger partial charge is 0.108 e. The average Bonchev–Trinajstić information content (AvgIpc) is 3.05. The van der Waals surface area contributed by atoms with Gasteiger partial charge in [-0.1, -0.05) is 20.3 Å². The fraction of sp³-hybridized carbons (Fsp3) is 0.714. The Labute approximate surface area is 154 Å². The molecule has 1 aromatic rings. The van der Waals surface area contributed by atoms with Crippen LogP contribution < -0.4 is 16.4 Å². The first kappa shape index (κ1) is 20.1. The molecule has 3 unspecified atom stereocenters. The Morgan fingerprint density at radius 3 is 2.40 bits per heavy atom. The van der Waals surface area contributed by atoms with E-state index in [0.717, 1.165) is 36.1 Å². The fourth-order valence-electron chi connectivity index (χ4n) is 4.29. The van der Waals surface area contributed by atoms with Gasteiger partial charge in [0.25, 0.3) is 0 Å². The van der Waals surface area contributed by atoms with Gasteiger partial charge in [-0.15, -0.1) is 0 Å². The number of nitrogens with two attached hydrogens (primary N) is 2. The van der Waals surface area contributed by atoms with Crippen molar-refractivity contribution in [3.8, 4) is 0 Å². The van der Waals surface area contributed by atoms with Gasteiger partial charge in [0.1, 0.15) is 6.04 Å². The zero-order chi connectivity index (χ0) is 18.8. The zero-order valence-corrected chi connectivity index (χ0v) is 17.1. The van der Waals surface area contributed by atoms with E-state index in [1.807, 2.05) is 12.1 Å². The molecule has 142 valence electrons. The predicted molar refractivity (Wildman–Crippen MR) is 110 cm³/mol. The minimum absolute atomic E-state index is 0.135. The summed E-state index contributed by atoms with van der Waals surface area (Å²) in [5, 5.41) is 0. The Hall–Kier alpha value is -1.26. The molecule has 0 spiro atoms. The average molecular weight is 348 g/mol. The third-order valence-electron chi connectivity index (χ3n) is 7.20. The zero-order valence-electron chi connectivity index (χ0n) is 17.1. The summed E-state index contributed by atoms with van der Waals surface area (Å²) in [6, 6.07) is 9.16. The van der Waals surface area contributed by atoms with Gasteiger partial charge >= 0.3 is 0 Å². The summed E-state index contributed by atoms with van der Waals surface area (Å²) in [6.07, 6.45) is 3.48. The van der Waals surface area contributed by atoms with Crippen molar-refractivity contribution in [2.24, 2.45) is 11.7 Å². The maximum Gasteiger partial charge on any atom is 0.108 e. The molecule has 0 aliphatic carbocycles. The standard InChI is InChI=1S/C21H39N4/c1-7-8-20(23)16(2)21(3,4)25(5,6)19-13-14-24(15-19)18-11-9-17(22)10-12-18/h9-12,16,19-20H,7-8,13-15,22-23H2,1-6H3/q+1. The van der Waals surface area contributed by atoms with E-state index in [9.17, 15) is 0 Å². The van der Waals surface area contributed by atoms with Crippen molar-refractivity contribution in [3.63, 3.8) is 0 Å². The third kappa shape index (κ3) is 3.95. The number of rotatable bonds is 7. The monoisotopic (exact) mass is 347 g/mol. The molecule has 1 aliphatic heterocycles. The van der Waals surface area contributed by atoms with Gasteiger partial charge in [0.2, 0.25) is 0 Å². The van der Waals surface area contributed by atoms with Crippen molar-refractivity contribution in [1.82, 2.24) is 0 Å². The van der Waals surface area contributed by atoms with Crippen LogP contribution >= 0.6 is 0 Å². The van der Waals surface area contributed by atoms with Crippen LogP contribution in [0.2, 0.25) is 0 Å². The van der Waals surface area contributed by atoms with E-state index in [0.29, 0.717) is 12.0 Å². The molecule has 4 nitrogen and oxygen atoms in total. The van der Waals surface area contributed by atoms with Crippen molar-refractivity contribution in [3.05, 3.63) is 24.3 Å². The lowest BCUT2D eigenvalue weighted by Gasteiger charge is -2.52. The molecule has 0 amide bonds. The molecule has 1 saturated heterocycles. The fourth-order valence-corrected chi connectivity index (χ4v) is 4.29. The number of benzene rings is 1. The second-order valence-corrected chi connectivity index (χ2v) is 8.91. The van der Waals surface area contributed by atoms with E-state index >= 15 is 0 Å². The quantitative estimate of drug-likeness (QED) is 0.586. The van der Waals surface area contributed by atoms with Crippen LogP contribution in [0.3, 0.4) is 0 Å². The van der Waals surface area contributed by atoms with Crippen LogP contribution in [0, 0.1) is 5.92 Å². The molecule has 0 radical (unpaired) electrons. The molecule has 25 heavy (non-hydrogen) atoms. The van der Waals surface area contributed by atoms with Gasteiger partial charge in [0.05, 0.1) is 26.2 Å². The Balaban J connectivity index is 2.12. The van der Waals surface area contributed by atoms with Gasteiger partial charge in [0, 0.05) is 36.3 Å². The number of anilines is 2. The number of quaternary nitrogens is 1. The highest BCUT2D eigenvalue weighted by Crippen LogP contribution is 2.37. The van der Waals surface area contributed by atoms with Crippen LogP contribution in [-0.4, -0.2) is 49.3 Å².